The number of carbonyl (C=O) groups is 4. The minimum atomic E-state index is -0.573. The van der Waals surface area contributed by atoms with Crippen molar-refractivity contribution < 1.29 is 33.4 Å². The fraction of sp³-hybridized carbons (Fsp3) is 0.304. The third-order valence-electron chi connectivity index (χ3n) is 5.04. The predicted octanol–water partition coefficient (Wildman–Crippen LogP) is 1.68. The number of nitrogens with zero attached hydrogens (tertiary/aromatic N) is 2. The fourth-order valence-electron chi connectivity index (χ4n) is 3.32. The highest BCUT2D eigenvalue weighted by atomic mass is 16.5. The Balaban J connectivity index is 1.84. The van der Waals surface area contributed by atoms with Gasteiger partial charge in [-0.2, -0.15) is 0 Å². The number of benzene rings is 2. The number of hydrogen-bond acceptors (Lipinski definition) is 7. The predicted molar refractivity (Wildman–Crippen MR) is 118 cm³/mol. The molecule has 0 aromatic heterocycles. The highest BCUT2D eigenvalue weighted by Gasteiger charge is 2.25. The lowest BCUT2D eigenvalue weighted by Gasteiger charge is -2.27. The molecule has 0 saturated carbocycles. The van der Waals surface area contributed by atoms with Crippen LogP contribution in [0.1, 0.15) is 28.8 Å². The van der Waals surface area contributed by atoms with Gasteiger partial charge in [0.05, 0.1) is 27.0 Å². The van der Waals surface area contributed by atoms with Crippen LogP contribution in [0.2, 0.25) is 0 Å². The van der Waals surface area contributed by atoms with Gasteiger partial charge in [-0.15, -0.1) is 0 Å². The lowest BCUT2D eigenvalue weighted by atomic mass is 10.1. The van der Waals surface area contributed by atoms with Crippen LogP contribution in [0.3, 0.4) is 0 Å². The van der Waals surface area contributed by atoms with Gasteiger partial charge in [-0.25, -0.2) is 5.01 Å². The number of methoxy groups -OCH3 is 3. The Hall–Kier alpha value is -4.08. The van der Waals surface area contributed by atoms with Gasteiger partial charge in [-0.3, -0.25) is 24.6 Å². The number of hydrazine groups is 1. The first-order chi connectivity index (χ1) is 15.8. The first kappa shape index (κ1) is 23.6. The van der Waals surface area contributed by atoms with Gasteiger partial charge < -0.3 is 19.1 Å². The zero-order valence-electron chi connectivity index (χ0n) is 18.6. The van der Waals surface area contributed by atoms with E-state index in [1.54, 1.807) is 30.3 Å². The summed E-state index contributed by atoms with van der Waals surface area (Å²) in [5.74, 6) is -0.389. The van der Waals surface area contributed by atoms with Gasteiger partial charge in [0.1, 0.15) is 18.0 Å². The van der Waals surface area contributed by atoms with Crippen molar-refractivity contribution >= 4 is 29.4 Å². The molecule has 0 atom stereocenters. The molecule has 1 N–H and O–H groups in total. The monoisotopic (exact) mass is 455 g/mol. The van der Waals surface area contributed by atoms with Crippen LogP contribution in [0, 0.1) is 0 Å². The maximum atomic E-state index is 13.2. The summed E-state index contributed by atoms with van der Waals surface area (Å²) in [5, 5.41) is 1.16. The van der Waals surface area contributed by atoms with Gasteiger partial charge in [0.2, 0.25) is 11.8 Å². The Kier molecular flexibility index (Phi) is 7.50. The number of anilines is 1. The maximum Gasteiger partial charge on any atom is 0.325 e. The molecule has 1 saturated heterocycles. The molecular formula is C23H25N3O7. The first-order valence-electron chi connectivity index (χ1n) is 10.1. The van der Waals surface area contributed by atoms with E-state index in [1.165, 1.54) is 38.4 Å². The minimum Gasteiger partial charge on any atom is -0.497 e. The molecule has 0 radical (unpaired) electrons. The molecule has 1 aliphatic rings. The summed E-state index contributed by atoms with van der Waals surface area (Å²) in [4.78, 5) is 50.2. The van der Waals surface area contributed by atoms with Crippen LogP contribution < -0.4 is 19.9 Å². The number of nitrogens with one attached hydrogen (secondary N) is 1. The lowest BCUT2D eigenvalue weighted by molar-refractivity contribution is -0.141. The highest BCUT2D eigenvalue weighted by molar-refractivity contribution is 6.02. The number of rotatable bonds is 8. The van der Waals surface area contributed by atoms with Crippen LogP contribution in [-0.4, -0.2) is 56.5 Å². The average molecular weight is 455 g/mol. The van der Waals surface area contributed by atoms with E-state index < -0.39 is 11.9 Å². The summed E-state index contributed by atoms with van der Waals surface area (Å²) in [6.45, 7) is -0.165. The Morgan fingerprint density at radius 3 is 2.18 bits per heavy atom. The summed E-state index contributed by atoms with van der Waals surface area (Å²) in [7, 11) is 4.29. The van der Waals surface area contributed by atoms with Gasteiger partial charge in [0.25, 0.3) is 5.91 Å². The molecule has 10 heteroatoms. The molecule has 33 heavy (non-hydrogen) atoms. The van der Waals surface area contributed by atoms with E-state index in [9.17, 15) is 19.2 Å². The van der Waals surface area contributed by atoms with Crippen LogP contribution in [0.25, 0.3) is 0 Å². The van der Waals surface area contributed by atoms with Crippen molar-refractivity contribution in [1.29, 1.82) is 0 Å². The van der Waals surface area contributed by atoms with Crippen molar-refractivity contribution in [3.63, 3.8) is 0 Å². The number of ether oxygens (including phenoxy) is 3. The SMILES string of the molecule is COC(=O)CN(Cc1cc(OC)cc(OC)c1)C(=O)c1ccc(N2NC(=O)CCC2=O)cc1. The summed E-state index contributed by atoms with van der Waals surface area (Å²) in [6, 6.07) is 11.4. The second-order valence-electron chi connectivity index (χ2n) is 7.27. The molecule has 3 rings (SSSR count). The van der Waals surface area contributed by atoms with E-state index >= 15 is 0 Å². The van der Waals surface area contributed by atoms with E-state index in [-0.39, 0.29) is 37.7 Å². The van der Waals surface area contributed by atoms with Crippen LogP contribution in [-0.2, 0) is 25.7 Å². The molecule has 0 aliphatic carbocycles. The molecule has 1 fully saturated rings. The zero-order chi connectivity index (χ0) is 24.0. The second-order valence-corrected chi connectivity index (χ2v) is 7.27. The van der Waals surface area contributed by atoms with E-state index in [4.69, 9.17) is 14.2 Å². The fourth-order valence-corrected chi connectivity index (χ4v) is 3.32. The molecule has 10 nitrogen and oxygen atoms in total. The first-order valence-corrected chi connectivity index (χ1v) is 10.1. The highest BCUT2D eigenvalue weighted by Crippen LogP contribution is 2.24. The smallest absolute Gasteiger partial charge is 0.325 e. The molecule has 2 aromatic carbocycles. The van der Waals surface area contributed by atoms with Crippen molar-refractivity contribution in [3.05, 3.63) is 53.6 Å². The summed E-state index contributed by atoms with van der Waals surface area (Å²) >= 11 is 0. The molecule has 1 heterocycles. The van der Waals surface area contributed by atoms with Crippen molar-refractivity contribution in [2.75, 3.05) is 32.9 Å². The molecule has 1 aliphatic heterocycles. The summed E-state index contributed by atoms with van der Waals surface area (Å²) < 4.78 is 15.3. The van der Waals surface area contributed by atoms with Gasteiger partial charge in [-0.1, -0.05) is 0 Å². The molecular weight excluding hydrogens is 430 g/mol. The summed E-state index contributed by atoms with van der Waals surface area (Å²) in [5.41, 5.74) is 3.93. The summed E-state index contributed by atoms with van der Waals surface area (Å²) in [6.07, 6.45) is 0.257. The van der Waals surface area contributed by atoms with Crippen LogP contribution in [0.15, 0.2) is 42.5 Å². The maximum absolute atomic E-state index is 13.2. The Labute approximate surface area is 191 Å². The van der Waals surface area contributed by atoms with Gasteiger partial charge in [0, 0.05) is 31.0 Å². The molecule has 0 unspecified atom stereocenters. The molecule has 2 aromatic rings. The van der Waals surface area contributed by atoms with Gasteiger partial charge in [0.15, 0.2) is 0 Å². The third kappa shape index (κ3) is 5.79. The normalized spacial score (nSPS) is 13.2. The Bertz CT molecular complexity index is 1030. The zero-order valence-corrected chi connectivity index (χ0v) is 18.6. The van der Waals surface area contributed by atoms with E-state index in [2.05, 4.69) is 5.43 Å². The van der Waals surface area contributed by atoms with Crippen molar-refractivity contribution in [2.24, 2.45) is 0 Å². The van der Waals surface area contributed by atoms with Crippen LogP contribution >= 0.6 is 0 Å². The van der Waals surface area contributed by atoms with Crippen molar-refractivity contribution in [2.45, 2.75) is 19.4 Å². The van der Waals surface area contributed by atoms with Crippen LogP contribution in [0.5, 0.6) is 11.5 Å². The number of carbonyl (C=O) groups excluding carboxylic acids is 4. The third-order valence-corrected chi connectivity index (χ3v) is 5.04. The molecule has 0 bridgehead atoms. The molecule has 3 amide bonds. The van der Waals surface area contributed by atoms with Crippen molar-refractivity contribution in [1.82, 2.24) is 10.3 Å². The average Bonchev–Trinajstić information content (AvgIpc) is 2.84. The topological polar surface area (TPSA) is 114 Å². The number of hydrogen-bond donors (Lipinski definition) is 1. The van der Waals surface area contributed by atoms with Crippen molar-refractivity contribution in [3.8, 4) is 11.5 Å². The van der Waals surface area contributed by atoms with Crippen LogP contribution in [0.4, 0.5) is 5.69 Å². The van der Waals surface area contributed by atoms with Gasteiger partial charge in [-0.05, 0) is 42.0 Å². The van der Waals surface area contributed by atoms with E-state index in [1.807, 2.05) is 0 Å². The largest absolute Gasteiger partial charge is 0.497 e. The second kappa shape index (κ2) is 10.5. The Morgan fingerprint density at radius 2 is 1.61 bits per heavy atom. The Morgan fingerprint density at radius 1 is 0.970 bits per heavy atom. The number of esters is 1. The standard InChI is InChI=1S/C23H25N3O7/c1-31-18-10-15(11-19(12-18)32-2)13-25(14-22(29)33-3)23(30)16-4-6-17(7-5-16)26-21(28)9-8-20(27)24-26/h4-7,10-12H,8-9,13-14H2,1-3H3,(H,24,27). The molecule has 174 valence electrons. The van der Waals surface area contributed by atoms with E-state index in [0.717, 1.165) is 5.01 Å². The number of amides is 3. The molecule has 0 spiro atoms. The minimum absolute atomic E-state index is 0.101. The van der Waals surface area contributed by atoms with Gasteiger partial charge >= 0.3 is 5.97 Å². The quantitative estimate of drug-likeness (QED) is 0.602. The lowest BCUT2D eigenvalue weighted by Crippen LogP contribution is -2.50. The van der Waals surface area contributed by atoms with E-state index in [0.29, 0.717) is 28.3 Å².